The van der Waals surface area contributed by atoms with Gasteiger partial charge in [0.15, 0.2) is 11.5 Å². The molecule has 0 unspecified atom stereocenters. The van der Waals surface area contributed by atoms with Gasteiger partial charge in [-0.25, -0.2) is 0 Å². The molecule has 0 spiro atoms. The highest BCUT2D eigenvalue weighted by Crippen LogP contribution is 2.39. The van der Waals surface area contributed by atoms with E-state index in [2.05, 4.69) is 16.7 Å². The molecule has 3 atom stereocenters. The normalized spacial score (nSPS) is 27.8. The van der Waals surface area contributed by atoms with Gasteiger partial charge in [-0.05, 0) is 31.0 Å². The van der Waals surface area contributed by atoms with E-state index in [1.807, 2.05) is 12.1 Å². The minimum absolute atomic E-state index is 0.177. The van der Waals surface area contributed by atoms with Crippen LogP contribution in [0.2, 0.25) is 0 Å². The van der Waals surface area contributed by atoms with Crippen LogP contribution in [-0.4, -0.2) is 74.1 Å². The molecule has 1 aromatic carbocycles. The maximum atomic E-state index is 9.91. The molecule has 2 fully saturated rings. The molecule has 0 radical (unpaired) electrons. The van der Waals surface area contributed by atoms with Gasteiger partial charge in [0.05, 0.1) is 27.4 Å². The van der Waals surface area contributed by atoms with Crippen LogP contribution in [0.15, 0.2) is 12.1 Å². The number of piperazine rings is 1. The van der Waals surface area contributed by atoms with E-state index >= 15 is 0 Å². The van der Waals surface area contributed by atoms with Crippen molar-refractivity contribution < 1.29 is 19.3 Å². The lowest BCUT2D eigenvalue weighted by molar-refractivity contribution is 0.0527. The maximum Gasteiger partial charge on any atom is 0.203 e. The van der Waals surface area contributed by atoms with Crippen LogP contribution in [-0.2, 0) is 6.54 Å². The molecule has 0 aliphatic carbocycles. The Labute approximate surface area is 143 Å². The average Bonchev–Trinajstić information content (AvgIpc) is 2.93. The Hall–Kier alpha value is -1.50. The SMILES string of the molecule is COc1cc(CN2C[C@H]3C[C@@H](O)CN3C[C@H]2C)cc(OC)c1OC. The lowest BCUT2D eigenvalue weighted by atomic mass is 10.1. The molecule has 0 saturated carbocycles. The first-order chi connectivity index (χ1) is 11.5. The molecule has 0 bridgehead atoms. The first-order valence-corrected chi connectivity index (χ1v) is 8.50. The summed E-state index contributed by atoms with van der Waals surface area (Å²) in [6, 6.07) is 4.94. The zero-order chi connectivity index (χ0) is 17.3. The predicted octanol–water partition coefficient (Wildman–Crippen LogP) is 1.35. The molecule has 2 saturated heterocycles. The summed E-state index contributed by atoms with van der Waals surface area (Å²) in [5, 5.41) is 9.91. The molecule has 2 aliphatic heterocycles. The van der Waals surface area contributed by atoms with Gasteiger partial charge in [0.25, 0.3) is 0 Å². The summed E-state index contributed by atoms with van der Waals surface area (Å²) in [7, 11) is 4.90. The van der Waals surface area contributed by atoms with E-state index in [1.54, 1.807) is 21.3 Å². The fourth-order valence-corrected chi connectivity index (χ4v) is 3.96. The molecule has 0 aromatic heterocycles. The van der Waals surface area contributed by atoms with E-state index in [4.69, 9.17) is 14.2 Å². The lowest BCUT2D eigenvalue weighted by Gasteiger charge is -2.42. The Balaban J connectivity index is 1.78. The fraction of sp³-hybridized carbons (Fsp3) is 0.667. The van der Waals surface area contributed by atoms with Gasteiger partial charge in [0.2, 0.25) is 5.75 Å². The summed E-state index contributed by atoms with van der Waals surface area (Å²) in [6.07, 6.45) is 0.696. The molecule has 2 heterocycles. The molecule has 2 aliphatic rings. The highest BCUT2D eigenvalue weighted by atomic mass is 16.5. The number of methoxy groups -OCH3 is 3. The van der Waals surface area contributed by atoms with Crippen molar-refractivity contribution in [3.8, 4) is 17.2 Å². The Morgan fingerprint density at radius 2 is 1.71 bits per heavy atom. The van der Waals surface area contributed by atoms with E-state index in [9.17, 15) is 5.11 Å². The molecule has 134 valence electrons. The van der Waals surface area contributed by atoms with Crippen molar-refractivity contribution in [1.29, 1.82) is 0 Å². The number of rotatable bonds is 5. The van der Waals surface area contributed by atoms with Crippen LogP contribution in [0.25, 0.3) is 0 Å². The molecule has 6 nitrogen and oxygen atoms in total. The van der Waals surface area contributed by atoms with Crippen molar-refractivity contribution >= 4 is 0 Å². The van der Waals surface area contributed by atoms with Gasteiger partial charge < -0.3 is 19.3 Å². The van der Waals surface area contributed by atoms with E-state index < -0.39 is 0 Å². The molecule has 1 N–H and O–H groups in total. The van der Waals surface area contributed by atoms with Crippen LogP contribution >= 0.6 is 0 Å². The number of hydrogen-bond donors (Lipinski definition) is 1. The molecule has 3 rings (SSSR count). The summed E-state index contributed by atoms with van der Waals surface area (Å²) in [5.41, 5.74) is 1.14. The third-order valence-electron chi connectivity index (χ3n) is 5.18. The average molecular weight is 336 g/mol. The smallest absolute Gasteiger partial charge is 0.203 e. The van der Waals surface area contributed by atoms with Crippen molar-refractivity contribution in [3.63, 3.8) is 0 Å². The van der Waals surface area contributed by atoms with Gasteiger partial charge in [-0.3, -0.25) is 9.80 Å². The Bertz CT molecular complexity index is 555. The predicted molar refractivity (Wildman–Crippen MR) is 92.0 cm³/mol. The highest BCUT2D eigenvalue weighted by molar-refractivity contribution is 5.53. The maximum absolute atomic E-state index is 9.91. The number of aliphatic hydroxyl groups excluding tert-OH is 1. The lowest BCUT2D eigenvalue weighted by Crippen LogP contribution is -2.54. The quantitative estimate of drug-likeness (QED) is 0.876. The number of benzene rings is 1. The van der Waals surface area contributed by atoms with Crippen molar-refractivity contribution in [1.82, 2.24) is 9.80 Å². The monoisotopic (exact) mass is 336 g/mol. The van der Waals surface area contributed by atoms with Crippen LogP contribution in [0, 0.1) is 0 Å². The second-order valence-corrected chi connectivity index (χ2v) is 6.81. The zero-order valence-electron chi connectivity index (χ0n) is 15.0. The second-order valence-electron chi connectivity index (χ2n) is 6.81. The van der Waals surface area contributed by atoms with Crippen molar-refractivity contribution in [2.75, 3.05) is 41.0 Å². The topological polar surface area (TPSA) is 54.4 Å². The van der Waals surface area contributed by atoms with Gasteiger partial charge in [0.1, 0.15) is 0 Å². The summed E-state index contributed by atoms with van der Waals surface area (Å²) >= 11 is 0. The summed E-state index contributed by atoms with van der Waals surface area (Å²) in [5.74, 6) is 2.00. The molecule has 1 aromatic rings. The van der Waals surface area contributed by atoms with E-state index in [-0.39, 0.29) is 6.10 Å². The molecule has 6 heteroatoms. The van der Waals surface area contributed by atoms with Gasteiger partial charge in [-0.15, -0.1) is 0 Å². The van der Waals surface area contributed by atoms with E-state index in [0.29, 0.717) is 29.3 Å². The standard InChI is InChI=1S/C18H28N2O4/c1-12-8-20-11-15(21)7-14(20)10-19(12)9-13-5-16(22-2)18(24-4)17(6-13)23-3/h5-6,12,14-15,21H,7-11H2,1-4H3/t12-,14-,15-/m1/s1. The van der Waals surface area contributed by atoms with Crippen molar-refractivity contribution in [2.45, 2.75) is 38.1 Å². The van der Waals surface area contributed by atoms with Gasteiger partial charge >= 0.3 is 0 Å². The molecule has 24 heavy (non-hydrogen) atoms. The summed E-state index contributed by atoms with van der Waals surface area (Å²) in [6.45, 7) is 5.88. The van der Waals surface area contributed by atoms with Crippen LogP contribution < -0.4 is 14.2 Å². The van der Waals surface area contributed by atoms with Gasteiger partial charge in [-0.1, -0.05) is 0 Å². The van der Waals surface area contributed by atoms with Crippen molar-refractivity contribution in [3.05, 3.63) is 17.7 Å². The number of fused-ring (bicyclic) bond motifs is 1. The van der Waals surface area contributed by atoms with E-state index in [0.717, 1.165) is 38.2 Å². The van der Waals surface area contributed by atoms with E-state index in [1.165, 1.54) is 0 Å². The minimum Gasteiger partial charge on any atom is -0.493 e. The molecular formula is C18H28N2O4. The number of aliphatic hydroxyl groups is 1. The highest BCUT2D eigenvalue weighted by Gasteiger charge is 2.38. The summed E-state index contributed by atoms with van der Waals surface area (Å²) < 4.78 is 16.3. The van der Waals surface area contributed by atoms with Crippen LogP contribution in [0.1, 0.15) is 18.9 Å². The van der Waals surface area contributed by atoms with Crippen LogP contribution in [0.3, 0.4) is 0 Å². The first-order valence-electron chi connectivity index (χ1n) is 8.50. The van der Waals surface area contributed by atoms with Gasteiger partial charge in [-0.2, -0.15) is 0 Å². The van der Waals surface area contributed by atoms with Crippen LogP contribution in [0.4, 0.5) is 0 Å². The second kappa shape index (κ2) is 7.17. The number of nitrogens with zero attached hydrogens (tertiary/aromatic N) is 2. The number of hydrogen-bond acceptors (Lipinski definition) is 6. The first kappa shape index (κ1) is 17.3. The Morgan fingerprint density at radius 3 is 2.29 bits per heavy atom. The van der Waals surface area contributed by atoms with Gasteiger partial charge in [0, 0.05) is 38.3 Å². The van der Waals surface area contributed by atoms with Crippen LogP contribution in [0.5, 0.6) is 17.2 Å². The third kappa shape index (κ3) is 3.31. The largest absolute Gasteiger partial charge is 0.493 e. The molecule has 0 amide bonds. The summed E-state index contributed by atoms with van der Waals surface area (Å²) in [4.78, 5) is 4.89. The Morgan fingerprint density at radius 1 is 1.04 bits per heavy atom. The third-order valence-corrected chi connectivity index (χ3v) is 5.18. The zero-order valence-corrected chi connectivity index (χ0v) is 15.0. The number of ether oxygens (including phenoxy) is 3. The molecular weight excluding hydrogens is 308 g/mol. The van der Waals surface area contributed by atoms with Crippen molar-refractivity contribution in [2.24, 2.45) is 0 Å². The Kier molecular flexibility index (Phi) is 5.18. The fourth-order valence-electron chi connectivity index (χ4n) is 3.96. The minimum atomic E-state index is -0.177.